The number of aryl methyl sites for hydroxylation is 1. The van der Waals surface area contributed by atoms with Crippen molar-refractivity contribution in [2.75, 3.05) is 7.11 Å². The molecule has 1 unspecified atom stereocenters. The van der Waals surface area contributed by atoms with E-state index in [9.17, 15) is 4.79 Å². The zero-order valence-electron chi connectivity index (χ0n) is 11.1. The van der Waals surface area contributed by atoms with Gasteiger partial charge in [0.15, 0.2) is 5.78 Å². The van der Waals surface area contributed by atoms with Gasteiger partial charge in [-0.15, -0.1) is 0 Å². The van der Waals surface area contributed by atoms with Crippen molar-refractivity contribution in [3.05, 3.63) is 46.8 Å². The highest BCUT2D eigenvalue weighted by molar-refractivity contribution is 5.99. The number of methoxy groups -OCH3 is 1. The maximum Gasteiger partial charge on any atom is 0.167 e. The number of carbonyl (C=O) groups excluding carboxylic acids is 1. The maximum atomic E-state index is 12.3. The van der Waals surface area contributed by atoms with Gasteiger partial charge in [-0.1, -0.05) is 18.2 Å². The first-order chi connectivity index (χ1) is 9.20. The van der Waals surface area contributed by atoms with E-state index in [1.807, 2.05) is 31.2 Å². The van der Waals surface area contributed by atoms with Gasteiger partial charge in [-0.25, -0.2) is 0 Å². The van der Waals surface area contributed by atoms with E-state index in [2.05, 4.69) is 10.2 Å². The summed E-state index contributed by atoms with van der Waals surface area (Å²) in [6.45, 7) is 1.87. The van der Waals surface area contributed by atoms with Gasteiger partial charge in [-0.2, -0.15) is 5.10 Å². The number of aromatic amines is 1. The lowest BCUT2D eigenvalue weighted by Gasteiger charge is -2.23. The van der Waals surface area contributed by atoms with Crippen molar-refractivity contribution < 1.29 is 9.53 Å². The molecule has 2 aromatic rings. The van der Waals surface area contributed by atoms with Crippen molar-refractivity contribution in [1.29, 1.82) is 0 Å². The molecule has 0 amide bonds. The molecule has 1 aliphatic carbocycles. The van der Waals surface area contributed by atoms with Crippen LogP contribution in [0.2, 0.25) is 0 Å². The van der Waals surface area contributed by atoms with Gasteiger partial charge in [0.05, 0.1) is 18.4 Å². The molecule has 1 heterocycles. The zero-order chi connectivity index (χ0) is 13.4. The summed E-state index contributed by atoms with van der Waals surface area (Å²) in [7, 11) is 1.66. The Morgan fingerprint density at radius 1 is 1.32 bits per heavy atom. The van der Waals surface area contributed by atoms with Gasteiger partial charge < -0.3 is 4.74 Å². The Balaban J connectivity index is 1.99. The van der Waals surface area contributed by atoms with Crippen LogP contribution in [0, 0.1) is 6.92 Å². The molecule has 3 rings (SSSR count). The Bertz CT molecular complexity index is 631. The number of ether oxygens (including phenoxy) is 1. The molecule has 98 valence electrons. The summed E-state index contributed by atoms with van der Waals surface area (Å²) in [5, 5.41) is 7.12. The predicted octanol–water partition coefficient (Wildman–Crippen LogP) is 2.64. The van der Waals surface area contributed by atoms with Gasteiger partial charge in [0, 0.05) is 18.0 Å². The first-order valence-electron chi connectivity index (χ1n) is 6.40. The summed E-state index contributed by atoms with van der Waals surface area (Å²) in [6, 6.07) is 7.90. The van der Waals surface area contributed by atoms with Crippen LogP contribution in [0.1, 0.15) is 39.6 Å². The van der Waals surface area contributed by atoms with Gasteiger partial charge in [-0.05, 0) is 25.0 Å². The highest BCUT2D eigenvalue weighted by Gasteiger charge is 2.30. The molecule has 1 N–H and O–H groups in total. The fourth-order valence-electron chi connectivity index (χ4n) is 2.87. The highest BCUT2D eigenvalue weighted by Crippen LogP contribution is 2.36. The zero-order valence-corrected chi connectivity index (χ0v) is 11.1. The largest absolute Gasteiger partial charge is 0.496 e. The molecular weight excluding hydrogens is 240 g/mol. The summed E-state index contributed by atoms with van der Waals surface area (Å²) < 4.78 is 5.39. The molecule has 0 aliphatic heterocycles. The third-order valence-corrected chi connectivity index (χ3v) is 3.76. The van der Waals surface area contributed by atoms with Gasteiger partial charge in [0.2, 0.25) is 0 Å². The molecule has 0 bridgehead atoms. The van der Waals surface area contributed by atoms with Crippen LogP contribution in [-0.4, -0.2) is 23.1 Å². The number of para-hydroxylation sites is 1. The van der Waals surface area contributed by atoms with E-state index in [1.165, 1.54) is 0 Å². The average molecular weight is 256 g/mol. The van der Waals surface area contributed by atoms with Crippen LogP contribution in [0.5, 0.6) is 5.75 Å². The minimum atomic E-state index is 0.163. The Labute approximate surface area is 111 Å². The van der Waals surface area contributed by atoms with Crippen LogP contribution in [0.25, 0.3) is 0 Å². The van der Waals surface area contributed by atoms with Crippen LogP contribution in [0.3, 0.4) is 0 Å². The molecular formula is C15H16N2O2. The van der Waals surface area contributed by atoms with E-state index in [-0.39, 0.29) is 11.7 Å². The molecule has 0 fully saturated rings. The lowest BCUT2D eigenvalue weighted by atomic mass is 9.81. The predicted molar refractivity (Wildman–Crippen MR) is 71.7 cm³/mol. The van der Waals surface area contributed by atoms with Gasteiger partial charge in [0.25, 0.3) is 0 Å². The van der Waals surface area contributed by atoms with Crippen molar-refractivity contribution in [3.8, 4) is 5.75 Å². The first-order valence-corrected chi connectivity index (χ1v) is 6.40. The third-order valence-electron chi connectivity index (χ3n) is 3.76. The van der Waals surface area contributed by atoms with Gasteiger partial charge in [-0.3, -0.25) is 9.89 Å². The summed E-state index contributed by atoms with van der Waals surface area (Å²) in [6.07, 6.45) is 1.33. The molecule has 0 saturated carbocycles. The second-order valence-electron chi connectivity index (χ2n) is 4.93. The van der Waals surface area contributed by atoms with Crippen molar-refractivity contribution in [2.24, 2.45) is 0 Å². The SMILES string of the molecule is COc1ccccc1C1CC(=O)c2c(C)n[nH]c2C1. The first kappa shape index (κ1) is 12.0. The van der Waals surface area contributed by atoms with E-state index in [0.29, 0.717) is 6.42 Å². The number of hydrogen-bond donors (Lipinski definition) is 1. The van der Waals surface area contributed by atoms with E-state index in [4.69, 9.17) is 4.74 Å². The van der Waals surface area contributed by atoms with E-state index in [1.54, 1.807) is 7.11 Å². The van der Waals surface area contributed by atoms with Crippen LogP contribution in [-0.2, 0) is 6.42 Å². The fourth-order valence-corrected chi connectivity index (χ4v) is 2.87. The van der Waals surface area contributed by atoms with Crippen LogP contribution in [0.4, 0.5) is 0 Å². The van der Waals surface area contributed by atoms with Gasteiger partial charge >= 0.3 is 0 Å². The second kappa shape index (κ2) is 4.53. The molecule has 4 nitrogen and oxygen atoms in total. The number of nitrogens with zero attached hydrogens (tertiary/aromatic N) is 1. The van der Waals surface area contributed by atoms with Crippen LogP contribution in [0.15, 0.2) is 24.3 Å². The number of Topliss-reactive ketones (excluding diaryl/α,β-unsaturated/α-hetero) is 1. The lowest BCUT2D eigenvalue weighted by molar-refractivity contribution is 0.0963. The molecule has 1 atom stereocenters. The van der Waals surface area contributed by atoms with Crippen LogP contribution >= 0.6 is 0 Å². The maximum absolute atomic E-state index is 12.3. The van der Waals surface area contributed by atoms with E-state index < -0.39 is 0 Å². The minimum Gasteiger partial charge on any atom is -0.496 e. The monoisotopic (exact) mass is 256 g/mol. The number of nitrogens with one attached hydrogen (secondary N) is 1. The van der Waals surface area contributed by atoms with E-state index in [0.717, 1.165) is 34.7 Å². The Morgan fingerprint density at radius 2 is 2.11 bits per heavy atom. The molecule has 1 aromatic heterocycles. The number of ketones is 1. The molecule has 19 heavy (non-hydrogen) atoms. The van der Waals surface area contributed by atoms with Crippen molar-refractivity contribution >= 4 is 5.78 Å². The minimum absolute atomic E-state index is 0.163. The van der Waals surface area contributed by atoms with E-state index >= 15 is 0 Å². The van der Waals surface area contributed by atoms with Crippen LogP contribution < -0.4 is 4.74 Å². The van der Waals surface area contributed by atoms with Crippen molar-refractivity contribution in [1.82, 2.24) is 10.2 Å². The average Bonchev–Trinajstić information content (AvgIpc) is 2.80. The molecule has 1 aliphatic rings. The number of hydrogen-bond acceptors (Lipinski definition) is 3. The van der Waals surface area contributed by atoms with Crippen molar-refractivity contribution in [2.45, 2.75) is 25.7 Å². The summed E-state index contributed by atoms with van der Waals surface area (Å²) in [4.78, 5) is 12.3. The number of benzene rings is 1. The Hall–Kier alpha value is -2.10. The number of rotatable bonds is 2. The molecule has 1 aromatic carbocycles. The standard InChI is InChI=1S/C15H16N2O2/c1-9-15-12(17-16-9)7-10(8-13(15)18)11-5-3-4-6-14(11)19-2/h3-6,10H,7-8H2,1-2H3,(H,16,17). The summed E-state index contributed by atoms with van der Waals surface area (Å²) in [5.41, 5.74) is 3.63. The number of aromatic nitrogens is 2. The normalized spacial score (nSPS) is 18.2. The lowest BCUT2D eigenvalue weighted by Crippen LogP contribution is -2.19. The Morgan fingerprint density at radius 3 is 2.89 bits per heavy atom. The summed E-state index contributed by atoms with van der Waals surface area (Å²) in [5.74, 6) is 1.18. The molecule has 0 radical (unpaired) electrons. The molecule has 4 heteroatoms. The topological polar surface area (TPSA) is 55.0 Å². The van der Waals surface area contributed by atoms with Gasteiger partial charge in [0.1, 0.15) is 5.75 Å². The fraction of sp³-hybridized carbons (Fsp3) is 0.333. The summed E-state index contributed by atoms with van der Waals surface area (Å²) >= 11 is 0. The quantitative estimate of drug-likeness (QED) is 0.898. The smallest absolute Gasteiger partial charge is 0.167 e. The molecule has 0 saturated heterocycles. The number of H-pyrrole nitrogens is 1. The third kappa shape index (κ3) is 1.93. The number of carbonyl (C=O) groups is 1. The number of fused-ring (bicyclic) bond motifs is 1. The Kier molecular flexibility index (Phi) is 2.85. The molecule has 0 spiro atoms. The highest BCUT2D eigenvalue weighted by atomic mass is 16.5. The van der Waals surface area contributed by atoms with Crippen molar-refractivity contribution in [3.63, 3.8) is 0 Å². The second-order valence-corrected chi connectivity index (χ2v) is 4.93.